The van der Waals surface area contributed by atoms with E-state index in [1.165, 1.54) is 0 Å². The molecule has 0 saturated heterocycles. The first-order valence-electron chi connectivity index (χ1n) is 6.66. The number of hydrogen-bond acceptors (Lipinski definition) is 2. The first-order valence-corrected chi connectivity index (χ1v) is 7.04. The number of nitrogens with zero attached hydrogens (tertiary/aromatic N) is 1. The van der Waals surface area contributed by atoms with Gasteiger partial charge in [0, 0.05) is 18.1 Å². The number of nitriles is 1. The smallest absolute Gasteiger partial charge is 0.129 e. The van der Waals surface area contributed by atoms with E-state index in [-0.39, 0.29) is 5.82 Å². The molecule has 0 fully saturated rings. The van der Waals surface area contributed by atoms with E-state index in [1.807, 2.05) is 18.2 Å². The molecule has 0 atom stereocenters. The van der Waals surface area contributed by atoms with Gasteiger partial charge in [-0.25, -0.2) is 4.39 Å². The van der Waals surface area contributed by atoms with E-state index in [4.69, 9.17) is 16.9 Å². The Kier molecular flexibility index (Phi) is 4.95. The van der Waals surface area contributed by atoms with E-state index in [0.717, 1.165) is 11.1 Å². The van der Waals surface area contributed by atoms with Gasteiger partial charge in [0.2, 0.25) is 0 Å². The Morgan fingerprint density at radius 3 is 2.38 bits per heavy atom. The Bertz CT molecular complexity index is 681. The molecule has 0 aliphatic carbocycles. The molecule has 0 saturated carbocycles. The zero-order chi connectivity index (χ0) is 15.4. The maximum atomic E-state index is 13.6. The van der Waals surface area contributed by atoms with Gasteiger partial charge in [-0.2, -0.15) is 5.26 Å². The summed E-state index contributed by atoms with van der Waals surface area (Å²) in [5.74, 6) is -0.145. The summed E-state index contributed by atoms with van der Waals surface area (Å²) in [6.45, 7) is 4.77. The van der Waals surface area contributed by atoms with Crippen molar-refractivity contribution in [1.82, 2.24) is 5.32 Å². The minimum absolute atomic E-state index is 0.145. The van der Waals surface area contributed by atoms with E-state index in [1.54, 1.807) is 26.0 Å². The highest BCUT2D eigenvalue weighted by atomic mass is 35.5. The second-order valence-electron chi connectivity index (χ2n) is 5.07. The van der Waals surface area contributed by atoms with Crippen molar-refractivity contribution in [2.24, 2.45) is 0 Å². The van der Waals surface area contributed by atoms with E-state index in [0.29, 0.717) is 34.8 Å². The van der Waals surface area contributed by atoms with Gasteiger partial charge in [-0.1, -0.05) is 29.8 Å². The van der Waals surface area contributed by atoms with Gasteiger partial charge in [-0.15, -0.1) is 0 Å². The van der Waals surface area contributed by atoms with Crippen LogP contribution in [0.3, 0.4) is 0 Å². The van der Waals surface area contributed by atoms with Crippen LogP contribution in [0.1, 0.15) is 27.8 Å². The molecule has 1 N–H and O–H groups in total. The van der Waals surface area contributed by atoms with Crippen LogP contribution < -0.4 is 5.32 Å². The third kappa shape index (κ3) is 3.81. The predicted octanol–water partition coefficient (Wildman–Crippen LogP) is 4.26. The average Bonchev–Trinajstić information content (AvgIpc) is 2.46. The molecule has 2 rings (SSSR count). The van der Waals surface area contributed by atoms with Crippen LogP contribution in [0.15, 0.2) is 30.3 Å². The van der Waals surface area contributed by atoms with Gasteiger partial charge < -0.3 is 5.32 Å². The van der Waals surface area contributed by atoms with Crippen LogP contribution in [-0.2, 0) is 13.1 Å². The minimum atomic E-state index is -0.145. The molecule has 0 radical (unpaired) electrons. The third-order valence-corrected chi connectivity index (χ3v) is 3.67. The van der Waals surface area contributed by atoms with Gasteiger partial charge >= 0.3 is 0 Å². The molecular weight excluding hydrogens is 287 g/mol. The molecule has 4 heteroatoms. The third-order valence-electron chi connectivity index (χ3n) is 3.32. The van der Waals surface area contributed by atoms with Crippen molar-refractivity contribution in [3.8, 4) is 6.07 Å². The monoisotopic (exact) mass is 302 g/mol. The summed E-state index contributed by atoms with van der Waals surface area (Å²) < 4.78 is 13.6. The molecule has 0 heterocycles. The first-order chi connectivity index (χ1) is 10.0. The van der Waals surface area contributed by atoms with Crippen LogP contribution in [0.25, 0.3) is 0 Å². The maximum Gasteiger partial charge on any atom is 0.129 e. The topological polar surface area (TPSA) is 35.8 Å². The SMILES string of the molecule is Cc1cc(CNCc2ccc(C#N)cc2Cl)cc(C)c1F. The van der Waals surface area contributed by atoms with Crippen molar-refractivity contribution >= 4 is 11.6 Å². The molecule has 0 spiro atoms. The largest absolute Gasteiger partial charge is 0.309 e. The van der Waals surface area contributed by atoms with Crippen molar-refractivity contribution in [3.05, 3.63) is 69.0 Å². The van der Waals surface area contributed by atoms with Gasteiger partial charge in [0.1, 0.15) is 5.82 Å². The van der Waals surface area contributed by atoms with Crippen molar-refractivity contribution < 1.29 is 4.39 Å². The summed E-state index contributed by atoms with van der Waals surface area (Å²) in [6.07, 6.45) is 0. The van der Waals surface area contributed by atoms with Crippen molar-refractivity contribution in [2.45, 2.75) is 26.9 Å². The fraction of sp³-hybridized carbons (Fsp3) is 0.235. The molecular formula is C17H16ClFN2. The van der Waals surface area contributed by atoms with Crippen LogP contribution in [-0.4, -0.2) is 0 Å². The fourth-order valence-corrected chi connectivity index (χ4v) is 2.49. The normalized spacial score (nSPS) is 10.4. The highest BCUT2D eigenvalue weighted by molar-refractivity contribution is 6.31. The molecule has 2 nitrogen and oxygen atoms in total. The van der Waals surface area contributed by atoms with Gasteiger partial charge in [0.15, 0.2) is 0 Å². The zero-order valence-corrected chi connectivity index (χ0v) is 12.8. The van der Waals surface area contributed by atoms with E-state index >= 15 is 0 Å². The molecule has 0 aliphatic rings. The van der Waals surface area contributed by atoms with Gasteiger partial charge in [-0.3, -0.25) is 0 Å². The Morgan fingerprint density at radius 1 is 1.14 bits per heavy atom. The average molecular weight is 303 g/mol. The summed E-state index contributed by atoms with van der Waals surface area (Å²) in [5.41, 5.74) is 3.84. The quantitative estimate of drug-likeness (QED) is 0.916. The molecule has 108 valence electrons. The second-order valence-corrected chi connectivity index (χ2v) is 5.47. The summed E-state index contributed by atoms with van der Waals surface area (Å²) in [5, 5.41) is 12.7. The van der Waals surface area contributed by atoms with E-state index < -0.39 is 0 Å². The van der Waals surface area contributed by atoms with Crippen LogP contribution in [0.5, 0.6) is 0 Å². The number of aryl methyl sites for hydroxylation is 2. The lowest BCUT2D eigenvalue weighted by Gasteiger charge is -2.09. The summed E-state index contributed by atoms with van der Waals surface area (Å²) in [7, 11) is 0. The number of benzene rings is 2. The number of hydrogen-bond donors (Lipinski definition) is 1. The molecule has 0 bridgehead atoms. The van der Waals surface area contributed by atoms with Gasteiger partial charge in [0.05, 0.1) is 11.6 Å². The highest BCUT2D eigenvalue weighted by Crippen LogP contribution is 2.18. The molecule has 21 heavy (non-hydrogen) atoms. The summed E-state index contributed by atoms with van der Waals surface area (Å²) in [4.78, 5) is 0. The fourth-order valence-electron chi connectivity index (χ4n) is 2.24. The van der Waals surface area contributed by atoms with Crippen LogP contribution in [0.2, 0.25) is 5.02 Å². The lowest BCUT2D eigenvalue weighted by Crippen LogP contribution is -2.13. The lowest BCUT2D eigenvalue weighted by atomic mass is 10.1. The Hall–Kier alpha value is -1.89. The minimum Gasteiger partial charge on any atom is -0.309 e. The molecule has 0 amide bonds. The van der Waals surface area contributed by atoms with Gasteiger partial charge in [-0.05, 0) is 48.2 Å². The molecule has 2 aromatic carbocycles. The van der Waals surface area contributed by atoms with Gasteiger partial charge in [0.25, 0.3) is 0 Å². The van der Waals surface area contributed by atoms with Crippen LogP contribution in [0, 0.1) is 31.0 Å². The summed E-state index contributed by atoms with van der Waals surface area (Å²) >= 11 is 6.12. The molecule has 0 unspecified atom stereocenters. The van der Waals surface area contributed by atoms with Crippen molar-refractivity contribution in [2.75, 3.05) is 0 Å². The number of nitrogens with one attached hydrogen (secondary N) is 1. The standard InChI is InChI=1S/C17H16ClFN2/c1-11-5-14(6-12(2)17(11)19)9-21-10-15-4-3-13(8-20)7-16(15)18/h3-7,21H,9-10H2,1-2H3. The predicted molar refractivity (Wildman–Crippen MR) is 82.6 cm³/mol. The summed E-state index contributed by atoms with van der Waals surface area (Å²) in [6, 6.07) is 11.0. The highest BCUT2D eigenvalue weighted by Gasteiger charge is 2.05. The molecule has 2 aromatic rings. The zero-order valence-electron chi connectivity index (χ0n) is 12.0. The molecule has 0 aromatic heterocycles. The number of halogens is 2. The molecule has 0 aliphatic heterocycles. The van der Waals surface area contributed by atoms with Crippen molar-refractivity contribution in [1.29, 1.82) is 5.26 Å². The first kappa shape index (κ1) is 15.5. The maximum absolute atomic E-state index is 13.6. The Morgan fingerprint density at radius 2 is 1.81 bits per heavy atom. The van der Waals surface area contributed by atoms with E-state index in [9.17, 15) is 4.39 Å². The van der Waals surface area contributed by atoms with Crippen LogP contribution >= 0.6 is 11.6 Å². The lowest BCUT2D eigenvalue weighted by molar-refractivity contribution is 0.606. The van der Waals surface area contributed by atoms with Crippen molar-refractivity contribution in [3.63, 3.8) is 0 Å². The number of rotatable bonds is 4. The second kappa shape index (κ2) is 6.71. The Balaban J connectivity index is 2.00. The van der Waals surface area contributed by atoms with E-state index in [2.05, 4.69) is 11.4 Å². The Labute approximate surface area is 129 Å². The van der Waals surface area contributed by atoms with Crippen LogP contribution in [0.4, 0.5) is 4.39 Å².